The summed E-state index contributed by atoms with van der Waals surface area (Å²) in [7, 11) is 0. The molecule has 28 heavy (non-hydrogen) atoms. The lowest BCUT2D eigenvalue weighted by Crippen LogP contribution is -2.11. The standard InChI is InChI=1S/C20H18N2O5S/c1-28-7-6-19(23)21-13-2-4-15-12(8-13)9-18(27-15)20(24)22-14-3-5-16-17(10-14)26-11-25-16/h2-5,8-10H,6-7,11H2,1H3,(H,21,23)(H,22,24). The zero-order valence-corrected chi connectivity index (χ0v) is 15.9. The molecule has 144 valence electrons. The van der Waals surface area contributed by atoms with Crippen LogP contribution in [0.1, 0.15) is 17.0 Å². The molecule has 2 N–H and O–H groups in total. The molecule has 1 aromatic heterocycles. The van der Waals surface area contributed by atoms with Gasteiger partial charge in [-0.05, 0) is 42.7 Å². The van der Waals surface area contributed by atoms with E-state index in [-0.39, 0.29) is 24.4 Å². The number of carbonyl (C=O) groups is 2. The van der Waals surface area contributed by atoms with Crippen LogP contribution in [0.5, 0.6) is 11.5 Å². The van der Waals surface area contributed by atoms with Gasteiger partial charge in [0, 0.05) is 35.0 Å². The summed E-state index contributed by atoms with van der Waals surface area (Å²) < 4.78 is 16.2. The molecule has 3 aromatic rings. The average Bonchev–Trinajstić information content (AvgIpc) is 3.32. The average molecular weight is 398 g/mol. The van der Waals surface area contributed by atoms with E-state index in [2.05, 4.69) is 10.6 Å². The summed E-state index contributed by atoms with van der Waals surface area (Å²) in [5, 5.41) is 6.36. The van der Waals surface area contributed by atoms with Gasteiger partial charge in [0.15, 0.2) is 17.3 Å². The van der Waals surface area contributed by atoms with Crippen LogP contribution >= 0.6 is 11.8 Å². The van der Waals surface area contributed by atoms with Crippen molar-refractivity contribution in [1.29, 1.82) is 0 Å². The van der Waals surface area contributed by atoms with Crippen LogP contribution in [0.4, 0.5) is 11.4 Å². The Hall–Kier alpha value is -3.13. The molecule has 0 spiro atoms. The van der Waals surface area contributed by atoms with Crippen LogP contribution in [-0.2, 0) is 4.79 Å². The largest absolute Gasteiger partial charge is 0.454 e. The number of hydrogen-bond acceptors (Lipinski definition) is 6. The molecule has 2 aromatic carbocycles. The number of hydrogen-bond donors (Lipinski definition) is 2. The van der Waals surface area contributed by atoms with E-state index < -0.39 is 0 Å². The Kier molecular flexibility index (Phi) is 5.12. The summed E-state index contributed by atoms with van der Waals surface area (Å²) in [6.07, 6.45) is 2.41. The van der Waals surface area contributed by atoms with Crippen LogP contribution < -0.4 is 20.1 Å². The maximum absolute atomic E-state index is 12.5. The molecule has 0 fully saturated rings. The number of thioether (sulfide) groups is 1. The van der Waals surface area contributed by atoms with E-state index in [1.807, 2.05) is 6.26 Å². The zero-order valence-electron chi connectivity index (χ0n) is 15.1. The van der Waals surface area contributed by atoms with Gasteiger partial charge in [0.1, 0.15) is 5.58 Å². The van der Waals surface area contributed by atoms with Crippen LogP contribution in [0.3, 0.4) is 0 Å². The number of nitrogens with one attached hydrogen (secondary N) is 2. The first-order chi connectivity index (χ1) is 13.6. The third-order valence-corrected chi connectivity index (χ3v) is 4.80. The van der Waals surface area contributed by atoms with Crippen LogP contribution in [-0.4, -0.2) is 30.6 Å². The Labute approximate surface area is 165 Å². The molecule has 2 amide bonds. The maximum atomic E-state index is 12.5. The Morgan fingerprint density at radius 1 is 1.00 bits per heavy atom. The highest BCUT2D eigenvalue weighted by Crippen LogP contribution is 2.34. The van der Waals surface area contributed by atoms with Crippen molar-refractivity contribution < 1.29 is 23.5 Å². The molecule has 1 aliphatic rings. The fourth-order valence-electron chi connectivity index (χ4n) is 2.82. The van der Waals surface area contributed by atoms with Gasteiger partial charge in [0.2, 0.25) is 12.7 Å². The normalized spacial score (nSPS) is 12.2. The molecule has 1 aliphatic heterocycles. The number of furan rings is 1. The number of benzene rings is 2. The first-order valence-corrected chi connectivity index (χ1v) is 10.0. The first kappa shape index (κ1) is 18.2. The smallest absolute Gasteiger partial charge is 0.291 e. The minimum atomic E-state index is -0.374. The van der Waals surface area contributed by atoms with Crippen molar-refractivity contribution in [2.45, 2.75) is 6.42 Å². The zero-order chi connectivity index (χ0) is 19.5. The molecule has 8 heteroatoms. The molecule has 7 nitrogen and oxygen atoms in total. The van der Waals surface area contributed by atoms with E-state index in [9.17, 15) is 9.59 Å². The summed E-state index contributed by atoms with van der Waals surface area (Å²) in [6, 6.07) is 12.1. The predicted molar refractivity (Wildman–Crippen MR) is 108 cm³/mol. The third kappa shape index (κ3) is 3.91. The van der Waals surface area contributed by atoms with Gasteiger partial charge in [0.05, 0.1) is 0 Å². The number of ether oxygens (including phenoxy) is 2. The van der Waals surface area contributed by atoms with Gasteiger partial charge in [-0.2, -0.15) is 11.8 Å². The molecule has 0 radical (unpaired) electrons. The number of amides is 2. The highest BCUT2D eigenvalue weighted by atomic mass is 32.2. The molecular formula is C20H18N2O5S. The lowest BCUT2D eigenvalue weighted by molar-refractivity contribution is -0.115. The summed E-state index contributed by atoms with van der Waals surface area (Å²) in [6.45, 7) is 0.173. The fraction of sp³-hybridized carbons (Fsp3) is 0.200. The van der Waals surface area contributed by atoms with Crippen molar-refractivity contribution >= 4 is 45.9 Å². The van der Waals surface area contributed by atoms with Crippen molar-refractivity contribution in [2.75, 3.05) is 29.4 Å². The topological polar surface area (TPSA) is 89.8 Å². The van der Waals surface area contributed by atoms with E-state index in [1.54, 1.807) is 54.2 Å². The fourth-order valence-corrected chi connectivity index (χ4v) is 3.21. The van der Waals surface area contributed by atoms with Gasteiger partial charge in [-0.25, -0.2) is 0 Å². The molecule has 0 atom stereocenters. The van der Waals surface area contributed by atoms with Crippen LogP contribution in [0.25, 0.3) is 11.0 Å². The quantitative estimate of drug-likeness (QED) is 0.650. The van der Waals surface area contributed by atoms with E-state index in [0.29, 0.717) is 34.9 Å². The molecule has 2 heterocycles. The Morgan fingerprint density at radius 2 is 1.79 bits per heavy atom. The van der Waals surface area contributed by atoms with Crippen molar-refractivity contribution in [3.05, 3.63) is 48.2 Å². The van der Waals surface area contributed by atoms with Gasteiger partial charge in [-0.3, -0.25) is 9.59 Å². The second-order valence-electron chi connectivity index (χ2n) is 6.18. The number of fused-ring (bicyclic) bond motifs is 2. The lowest BCUT2D eigenvalue weighted by Gasteiger charge is -2.04. The molecule has 0 saturated carbocycles. The minimum Gasteiger partial charge on any atom is -0.454 e. The Morgan fingerprint density at radius 3 is 2.64 bits per heavy atom. The monoisotopic (exact) mass is 398 g/mol. The van der Waals surface area contributed by atoms with Gasteiger partial charge in [-0.1, -0.05) is 0 Å². The van der Waals surface area contributed by atoms with Gasteiger partial charge in [-0.15, -0.1) is 0 Å². The van der Waals surface area contributed by atoms with Gasteiger partial charge >= 0.3 is 0 Å². The predicted octanol–water partition coefficient (Wildman–Crippen LogP) is 4.11. The van der Waals surface area contributed by atoms with E-state index >= 15 is 0 Å². The molecule has 0 aliphatic carbocycles. The highest BCUT2D eigenvalue weighted by Gasteiger charge is 2.17. The molecule has 0 unspecified atom stereocenters. The number of rotatable bonds is 6. The summed E-state index contributed by atoms with van der Waals surface area (Å²) >= 11 is 1.62. The van der Waals surface area contributed by atoms with Crippen LogP contribution in [0.2, 0.25) is 0 Å². The van der Waals surface area contributed by atoms with Crippen molar-refractivity contribution in [2.24, 2.45) is 0 Å². The SMILES string of the molecule is CSCCC(=O)Nc1ccc2oc(C(=O)Nc3ccc4c(c3)OCO4)cc2c1. The highest BCUT2D eigenvalue weighted by molar-refractivity contribution is 7.98. The van der Waals surface area contributed by atoms with E-state index in [0.717, 1.165) is 11.1 Å². The first-order valence-electron chi connectivity index (χ1n) is 8.66. The molecule has 0 bridgehead atoms. The molecule has 0 saturated heterocycles. The third-order valence-electron chi connectivity index (χ3n) is 4.19. The number of anilines is 2. The molecular weight excluding hydrogens is 380 g/mol. The minimum absolute atomic E-state index is 0.0435. The van der Waals surface area contributed by atoms with Crippen molar-refractivity contribution in [3.63, 3.8) is 0 Å². The Bertz CT molecular complexity index is 1050. The van der Waals surface area contributed by atoms with Crippen LogP contribution in [0.15, 0.2) is 46.9 Å². The lowest BCUT2D eigenvalue weighted by atomic mass is 10.2. The van der Waals surface area contributed by atoms with E-state index in [1.165, 1.54) is 0 Å². The van der Waals surface area contributed by atoms with E-state index in [4.69, 9.17) is 13.9 Å². The number of carbonyl (C=O) groups excluding carboxylic acids is 2. The maximum Gasteiger partial charge on any atom is 0.291 e. The van der Waals surface area contributed by atoms with Gasteiger partial charge < -0.3 is 24.5 Å². The second-order valence-corrected chi connectivity index (χ2v) is 7.16. The Balaban J connectivity index is 1.47. The summed E-state index contributed by atoms with van der Waals surface area (Å²) in [5.41, 5.74) is 1.82. The van der Waals surface area contributed by atoms with Crippen molar-refractivity contribution in [3.8, 4) is 11.5 Å². The van der Waals surface area contributed by atoms with Gasteiger partial charge in [0.25, 0.3) is 5.91 Å². The second kappa shape index (κ2) is 7.85. The molecule has 4 rings (SSSR count). The summed E-state index contributed by atoms with van der Waals surface area (Å²) in [4.78, 5) is 24.4. The van der Waals surface area contributed by atoms with Crippen molar-refractivity contribution in [1.82, 2.24) is 0 Å². The summed E-state index contributed by atoms with van der Waals surface area (Å²) in [5.74, 6) is 1.76. The van der Waals surface area contributed by atoms with Crippen LogP contribution in [0, 0.1) is 0 Å².